The van der Waals surface area contributed by atoms with Crippen molar-refractivity contribution < 1.29 is 13.2 Å². The van der Waals surface area contributed by atoms with Crippen molar-refractivity contribution in [2.45, 2.75) is 33.5 Å². The lowest BCUT2D eigenvalue weighted by Crippen LogP contribution is -2.39. The van der Waals surface area contributed by atoms with Crippen molar-refractivity contribution in [2.24, 2.45) is 0 Å². The molecule has 8 heteroatoms. The number of nitrogens with one attached hydrogen (secondary N) is 2. The number of carbonyl (C=O) groups excluding carboxylic acids is 1. The molecule has 0 unspecified atom stereocenters. The first kappa shape index (κ1) is 19.9. The van der Waals surface area contributed by atoms with Crippen LogP contribution in [0.3, 0.4) is 0 Å². The third-order valence-corrected chi connectivity index (χ3v) is 5.73. The van der Waals surface area contributed by atoms with Crippen molar-refractivity contribution in [1.29, 1.82) is 0 Å². The molecule has 0 spiro atoms. The number of amides is 1. The largest absolute Gasteiger partial charge is 0.351 e. The lowest BCUT2D eigenvalue weighted by molar-refractivity contribution is -0.118. The second-order valence-corrected chi connectivity index (χ2v) is 7.29. The Morgan fingerprint density at radius 3 is 2.52 bits per heavy atom. The van der Waals surface area contributed by atoms with Crippen LogP contribution in [0.1, 0.15) is 30.5 Å². The van der Waals surface area contributed by atoms with Crippen molar-refractivity contribution in [3.05, 3.63) is 34.9 Å². The fourth-order valence-corrected chi connectivity index (χ4v) is 3.99. The van der Waals surface area contributed by atoms with E-state index in [4.69, 9.17) is 0 Å². The summed E-state index contributed by atoms with van der Waals surface area (Å²) in [6, 6.07) is 6.06. The number of fused-ring (bicyclic) bond motifs is 1. The molecule has 0 fully saturated rings. The van der Waals surface area contributed by atoms with Crippen LogP contribution < -0.4 is 10.6 Å². The number of rotatable bonds is 7. The molecule has 6 nitrogen and oxygen atoms in total. The molecule has 23 heavy (non-hydrogen) atoms. The summed E-state index contributed by atoms with van der Waals surface area (Å²) in [5.41, 5.74) is 3.50. The molecular weight excluding hydrogens is 338 g/mol. The molecule has 1 aromatic carbocycles. The number of sulfonamides is 1. The van der Waals surface area contributed by atoms with Crippen LogP contribution in [-0.4, -0.2) is 37.5 Å². The van der Waals surface area contributed by atoms with Crippen LogP contribution in [0.5, 0.6) is 0 Å². The molecule has 0 saturated heterocycles. The Morgan fingerprint density at radius 2 is 1.87 bits per heavy atom. The maximum atomic E-state index is 12.0. The van der Waals surface area contributed by atoms with Crippen LogP contribution in [0.25, 0.3) is 0 Å². The Morgan fingerprint density at radius 1 is 1.22 bits per heavy atom. The second kappa shape index (κ2) is 8.63. The first-order valence-corrected chi connectivity index (χ1v) is 9.13. The summed E-state index contributed by atoms with van der Waals surface area (Å²) >= 11 is 0. The molecule has 1 aliphatic rings. The molecular formula is C15H24ClN3O3S. The number of hydrogen-bond acceptors (Lipinski definition) is 4. The molecule has 1 aliphatic heterocycles. The number of benzene rings is 1. The van der Waals surface area contributed by atoms with Gasteiger partial charge in [-0.2, -0.15) is 0 Å². The molecule has 1 heterocycles. The van der Waals surface area contributed by atoms with Gasteiger partial charge in [-0.25, -0.2) is 12.7 Å². The molecule has 0 aromatic heterocycles. The molecule has 0 bridgehead atoms. The third kappa shape index (κ3) is 5.17. The molecule has 0 saturated carbocycles. The molecule has 0 radical (unpaired) electrons. The highest BCUT2D eigenvalue weighted by Crippen LogP contribution is 2.16. The molecule has 1 amide bonds. The zero-order chi connectivity index (χ0) is 16.2. The van der Waals surface area contributed by atoms with E-state index in [1.54, 1.807) is 13.8 Å². The van der Waals surface area contributed by atoms with Crippen molar-refractivity contribution in [3.8, 4) is 0 Å². The fraction of sp³-hybridized carbons (Fsp3) is 0.533. The van der Waals surface area contributed by atoms with E-state index in [-0.39, 0.29) is 12.4 Å². The van der Waals surface area contributed by atoms with Crippen LogP contribution >= 0.6 is 12.4 Å². The molecule has 2 rings (SSSR count). The van der Waals surface area contributed by atoms with Gasteiger partial charge < -0.3 is 10.6 Å². The van der Waals surface area contributed by atoms with Gasteiger partial charge in [-0.3, -0.25) is 4.79 Å². The summed E-state index contributed by atoms with van der Waals surface area (Å²) in [6.45, 7) is 6.35. The normalized spacial score (nSPS) is 13.5. The average Bonchev–Trinajstić information content (AvgIpc) is 2.93. The molecule has 0 aliphatic carbocycles. The van der Waals surface area contributed by atoms with Gasteiger partial charge in [0.15, 0.2) is 0 Å². The van der Waals surface area contributed by atoms with E-state index in [9.17, 15) is 13.2 Å². The van der Waals surface area contributed by atoms with Gasteiger partial charge in [0.2, 0.25) is 15.9 Å². The Hall–Kier alpha value is -1.15. The van der Waals surface area contributed by atoms with Gasteiger partial charge in [0.1, 0.15) is 5.75 Å². The van der Waals surface area contributed by atoms with Crippen molar-refractivity contribution in [1.82, 2.24) is 14.9 Å². The maximum Gasteiger partial charge on any atom is 0.236 e. The van der Waals surface area contributed by atoms with Crippen LogP contribution in [0.15, 0.2) is 18.2 Å². The van der Waals surface area contributed by atoms with Gasteiger partial charge in [0.25, 0.3) is 0 Å². The summed E-state index contributed by atoms with van der Waals surface area (Å²) in [7, 11) is -3.52. The Balaban J connectivity index is 0.00000264. The number of hydrogen-bond donors (Lipinski definition) is 2. The number of carbonyl (C=O) groups is 1. The maximum absolute atomic E-state index is 12.0. The number of nitrogens with zero attached hydrogens (tertiary/aromatic N) is 1. The zero-order valence-corrected chi connectivity index (χ0v) is 15.1. The monoisotopic (exact) mass is 361 g/mol. The van der Waals surface area contributed by atoms with E-state index in [1.165, 1.54) is 15.4 Å². The third-order valence-electron chi connectivity index (χ3n) is 3.80. The summed E-state index contributed by atoms with van der Waals surface area (Å²) in [5, 5.41) is 5.95. The smallest absolute Gasteiger partial charge is 0.236 e. The highest BCUT2D eigenvalue weighted by Gasteiger charge is 2.22. The minimum atomic E-state index is -3.52. The van der Waals surface area contributed by atoms with Crippen molar-refractivity contribution in [3.63, 3.8) is 0 Å². The first-order valence-electron chi connectivity index (χ1n) is 7.52. The predicted octanol–water partition coefficient (Wildman–Crippen LogP) is 0.999. The van der Waals surface area contributed by atoms with Gasteiger partial charge in [-0.05, 0) is 16.7 Å². The van der Waals surface area contributed by atoms with Gasteiger partial charge >= 0.3 is 0 Å². The number of halogens is 1. The van der Waals surface area contributed by atoms with E-state index < -0.39 is 21.7 Å². The van der Waals surface area contributed by atoms with E-state index in [0.717, 1.165) is 18.7 Å². The van der Waals surface area contributed by atoms with Gasteiger partial charge in [-0.1, -0.05) is 32.0 Å². The van der Waals surface area contributed by atoms with Crippen LogP contribution in [0.2, 0.25) is 0 Å². The predicted molar refractivity (Wildman–Crippen MR) is 92.8 cm³/mol. The quantitative estimate of drug-likeness (QED) is 0.759. The standard InChI is InChI=1S/C15H23N3O3S.ClH/c1-3-18(4-2)22(20,21)11-15(19)17-8-12-5-6-13-9-16-10-14(13)7-12;/h5-7,16H,3-4,8-11H2,1-2H3,(H,17,19);1H. The lowest BCUT2D eigenvalue weighted by atomic mass is 10.1. The SMILES string of the molecule is CCN(CC)S(=O)(=O)CC(=O)NCc1ccc2c(c1)CNC2.Cl. The Kier molecular flexibility index (Phi) is 7.47. The summed E-state index contributed by atoms with van der Waals surface area (Å²) in [4.78, 5) is 11.9. The summed E-state index contributed by atoms with van der Waals surface area (Å²) in [6.07, 6.45) is 0. The summed E-state index contributed by atoms with van der Waals surface area (Å²) in [5.74, 6) is -0.966. The lowest BCUT2D eigenvalue weighted by Gasteiger charge is -2.18. The molecule has 130 valence electrons. The van der Waals surface area contributed by atoms with Gasteiger partial charge in [0.05, 0.1) is 0 Å². The molecule has 1 aromatic rings. The minimum absolute atomic E-state index is 0. The highest BCUT2D eigenvalue weighted by molar-refractivity contribution is 7.89. The van der Waals surface area contributed by atoms with Crippen molar-refractivity contribution >= 4 is 28.3 Å². The Labute approximate surface area is 144 Å². The van der Waals surface area contributed by atoms with E-state index in [2.05, 4.69) is 16.7 Å². The minimum Gasteiger partial charge on any atom is -0.351 e. The molecule has 2 N–H and O–H groups in total. The van der Waals surface area contributed by atoms with Crippen LogP contribution in [0, 0.1) is 0 Å². The van der Waals surface area contributed by atoms with Crippen molar-refractivity contribution in [2.75, 3.05) is 18.8 Å². The van der Waals surface area contributed by atoms with Crippen LogP contribution in [0.4, 0.5) is 0 Å². The first-order chi connectivity index (χ1) is 10.5. The Bertz CT molecular complexity index is 645. The van der Waals surface area contributed by atoms with Gasteiger partial charge in [0, 0.05) is 32.7 Å². The zero-order valence-electron chi connectivity index (χ0n) is 13.5. The van der Waals surface area contributed by atoms with E-state index in [1.807, 2.05) is 12.1 Å². The fourth-order valence-electron chi connectivity index (χ4n) is 2.58. The van der Waals surface area contributed by atoms with E-state index >= 15 is 0 Å². The summed E-state index contributed by atoms with van der Waals surface area (Å²) < 4.78 is 25.3. The molecule has 0 atom stereocenters. The van der Waals surface area contributed by atoms with Crippen LogP contribution in [-0.2, 0) is 34.5 Å². The van der Waals surface area contributed by atoms with E-state index in [0.29, 0.717) is 19.6 Å². The second-order valence-electron chi connectivity index (χ2n) is 5.32. The topological polar surface area (TPSA) is 78.5 Å². The van der Waals surface area contributed by atoms with Gasteiger partial charge in [-0.15, -0.1) is 12.4 Å². The average molecular weight is 362 g/mol. The highest BCUT2D eigenvalue weighted by atomic mass is 35.5.